The lowest BCUT2D eigenvalue weighted by Gasteiger charge is -2.29. The second-order valence-electron chi connectivity index (χ2n) is 4.14. The molecule has 0 bridgehead atoms. The highest BCUT2D eigenvalue weighted by atomic mass is 28.4. The summed E-state index contributed by atoms with van der Waals surface area (Å²) in [5.41, 5.74) is 0. The van der Waals surface area contributed by atoms with Crippen molar-refractivity contribution in [3.8, 4) is 0 Å². The quantitative estimate of drug-likeness (QED) is 0.570. The summed E-state index contributed by atoms with van der Waals surface area (Å²) in [4.78, 5) is 6.45. The van der Waals surface area contributed by atoms with E-state index in [2.05, 4.69) is 9.89 Å². The van der Waals surface area contributed by atoms with Crippen molar-refractivity contribution in [3.05, 3.63) is 0 Å². The van der Waals surface area contributed by atoms with Crippen molar-refractivity contribution in [1.82, 2.24) is 4.90 Å². The molecule has 1 heterocycles. The molecule has 0 saturated carbocycles. The van der Waals surface area contributed by atoms with Gasteiger partial charge in [-0.2, -0.15) is 0 Å². The van der Waals surface area contributed by atoms with Crippen molar-refractivity contribution in [2.24, 2.45) is 4.99 Å². The Bertz CT molecular complexity index is 234. The minimum Gasteiger partial charge on any atom is -0.374 e. The van der Waals surface area contributed by atoms with Gasteiger partial charge in [0, 0.05) is 39.0 Å². The topological polar surface area (TPSA) is 43.3 Å². The third kappa shape index (κ3) is 5.05. The summed E-state index contributed by atoms with van der Waals surface area (Å²) >= 11 is 0. The predicted molar refractivity (Wildman–Crippen MR) is 75.0 cm³/mol. The van der Waals surface area contributed by atoms with E-state index in [-0.39, 0.29) is 0 Å². The molecule has 0 aromatic rings. The van der Waals surface area contributed by atoms with Crippen LogP contribution >= 0.6 is 0 Å². The van der Waals surface area contributed by atoms with Crippen molar-refractivity contribution in [2.75, 3.05) is 39.5 Å². The molecule has 0 amide bonds. The monoisotopic (exact) mass is 274 g/mol. The summed E-state index contributed by atoms with van der Waals surface area (Å²) in [6.45, 7) is 10.9. The van der Waals surface area contributed by atoms with E-state index in [1.165, 1.54) is 0 Å². The first kappa shape index (κ1) is 15.6. The molecule has 0 radical (unpaired) electrons. The minimum absolute atomic E-state index is 0.650. The first-order valence-electron chi connectivity index (χ1n) is 6.92. The highest BCUT2D eigenvalue weighted by Crippen LogP contribution is 2.18. The highest BCUT2D eigenvalue weighted by molar-refractivity contribution is 6.60. The molecule has 0 saturated heterocycles. The first-order chi connectivity index (χ1) is 8.76. The average molecular weight is 274 g/mol. The van der Waals surface area contributed by atoms with Gasteiger partial charge in [0.1, 0.15) is 0 Å². The molecule has 0 N–H and O–H groups in total. The third-order valence-corrected chi connectivity index (χ3v) is 5.93. The maximum atomic E-state index is 5.82. The summed E-state index contributed by atoms with van der Waals surface area (Å²) in [6.07, 6.45) is 2.96. The van der Waals surface area contributed by atoms with Crippen molar-refractivity contribution < 1.29 is 13.3 Å². The van der Waals surface area contributed by atoms with Crippen LogP contribution in [0.2, 0.25) is 6.04 Å². The van der Waals surface area contributed by atoms with E-state index in [4.69, 9.17) is 13.3 Å². The van der Waals surface area contributed by atoms with Gasteiger partial charge in [-0.05, 0) is 27.2 Å². The van der Waals surface area contributed by atoms with Gasteiger partial charge in [-0.15, -0.1) is 0 Å². The van der Waals surface area contributed by atoms with Crippen LogP contribution in [0.1, 0.15) is 27.2 Å². The molecule has 0 spiro atoms. The van der Waals surface area contributed by atoms with E-state index in [9.17, 15) is 0 Å². The summed E-state index contributed by atoms with van der Waals surface area (Å²) in [7, 11) is -2.44. The highest BCUT2D eigenvalue weighted by Gasteiger charge is 2.39. The molecule has 0 aliphatic carbocycles. The normalized spacial score (nSPS) is 15.6. The average Bonchev–Trinajstić information content (AvgIpc) is 2.83. The van der Waals surface area contributed by atoms with Crippen molar-refractivity contribution in [1.29, 1.82) is 0 Å². The van der Waals surface area contributed by atoms with Crippen LogP contribution in [-0.4, -0.2) is 59.5 Å². The minimum atomic E-state index is -2.44. The number of rotatable bonds is 10. The Kier molecular flexibility index (Phi) is 7.49. The van der Waals surface area contributed by atoms with Gasteiger partial charge < -0.3 is 18.2 Å². The lowest BCUT2D eigenvalue weighted by Crippen LogP contribution is -2.46. The molecule has 0 atom stereocenters. The van der Waals surface area contributed by atoms with Crippen LogP contribution < -0.4 is 0 Å². The number of hydrogen-bond acceptors (Lipinski definition) is 5. The predicted octanol–water partition coefficient (Wildman–Crippen LogP) is 1.77. The molecule has 0 aromatic carbocycles. The van der Waals surface area contributed by atoms with Gasteiger partial charge in [0.15, 0.2) is 0 Å². The van der Waals surface area contributed by atoms with Crippen LogP contribution in [0.15, 0.2) is 4.99 Å². The molecular formula is C12H26N2O3Si. The van der Waals surface area contributed by atoms with Crippen molar-refractivity contribution in [3.63, 3.8) is 0 Å². The van der Waals surface area contributed by atoms with Gasteiger partial charge >= 0.3 is 8.80 Å². The Morgan fingerprint density at radius 1 is 1.11 bits per heavy atom. The Morgan fingerprint density at radius 2 is 1.72 bits per heavy atom. The standard InChI is InChI=1S/C12H26N2O3Si/c1-4-15-18(16-5-2,17-6-3)11-7-9-14-10-8-13-12-14/h12H,4-11H2,1-3H3. The Hall–Kier alpha value is -0.433. The summed E-state index contributed by atoms with van der Waals surface area (Å²) < 4.78 is 17.5. The lowest BCUT2D eigenvalue weighted by atomic mass is 10.4. The number of nitrogens with zero attached hydrogens (tertiary/aromatic N) is 2. The van der Waals surface area contributed by atoms with Gasteiger partial charge in [0.2, 0.25) is 0 Å². The molecule has 0 aromatic heterocycles. The zero-order chi connectivity index (χ0) is 13.3. The Balaban J connectivity index is 2.39. The molecule has 1 rings (SSSR count). The van der Waals surface area contributed by atoms with Gasteiger partial charge in [-0.3, -0.25) is 4.99 Å². The fourth-order valence-corrected chi connectivity index (χ4v) is 4.68. The Morgan fingerprint density at radius 3 is 2.17 bits per heavy atom. The fourth-order valence-electron chi connectivity index (χ4n) is 2.09. The molecule has 18 heavy (non-hydrogen) atoms. The number of hydrogen-bond donors (Lipinski definition) is 0. The summed E-state index contributed by atoms with van der Waals surface area (Å²) in [6, 6.07) is 0.882. The van der Waals surface area contributed by atoms with E-state index in [0.29, 0.717) is 19.8 Å². The van der Waals surface area contributed by atoms with Crippen LogP contribution in [0.5, 0.6) is 0 Å². The third-order valence-electron chi connectivity index (χ3n) is 2.78. The fraction of sp³-hybridized carbons (Fsp3) is 0.917. The zero-order valence-corrected chi connectivity index (χ0v) is 12.9. The van der Waals surface area contributed by atoms with Crippen LogP contribution in [0.3, 0.4) is 0 Å². The van der Waals surface area contributed by atoms with Gasteiger partial charge in [0.25, 0.3) is 0 Å². The van der Waals surface area contributed by atoms with E-state index < -0.39 is 8.80 Å². The SMILES string of the molecule is CCO[Si](CCCN1C=NCC1)(OCC)OCC. The lowest BCUT2D eigenvalue weighted by molar-refractivity contribution is 0.0705. The van der Waals surface area contributed by atoms with Crippen LogP contribution in [0.25, 0.3) is 0 Å². The molecule has 106 valence electrons. The van der Waals surface area contributed by atoms with Gasteiger partial charge in [0.05, 0.1) is 12.9 Å². The zero-order valence-electron chi connectivity index (χ0n) is 11.9. The van der Waals surface area contributed by atoms with Crippen molar-refractivity contribution in [2.45, 2.75) is 33.2 Å². The second-order valence-corrected chi connectivity index (χ2v) is 6.88. The van der Waals surface area contributed by atoms with E-state index in [1.54, 1.807) is 0 Å². The van der Waals surface area contributed by atoms with Crippen LogP contribution in [-0.2, 0) is 13.3 Å². The Labute approximate surface area is 111 Å². The van der Waals surface area contributed by atoms with Gasteiger partial charge in [-0.25, -0.2) is 0 Å². The molecule has 1 aliphatic heterocycles. The van der Waals surface area contributed by atoms with E-state index >= 15 is 0 Å². The molecule has 1 aliphatic rings. The molecular weight excluding hydrogens is 248 g/mol. The smallest absolute Gasteiger partial charge is 0.374 e. The second kappa shape index (κ2) is 8.63. The van der Waals surface area contributed by atoms with E-state index in [1.807, 2.05) is 27.1 Å². The molecule has 5 nitrogen and oxygen atoms in total. The van der Waals surface area contributed by atoms with Crippen LogP contribution in [0, 0.1) is 0 Å². The van der Waals surface area contributed by atoms with Gasteiger partial charge in [-0.1, -0.05) is 0 Å². The van der Waals surface area contributed by atoms with E-state index in [0.717, 1.165) is 32.1 Å². The first-order valence-corrected chi connectivity index (χ1v) is 8.85. The maximum absolute atomic E-state index is 5.82. The van der Waals surface area contributed by atoms with Crippen LogP contribution in [0.4, 0.5) is 0 Å². The molecule has 0 fully saturated rings. The number of aliphatic imine (C=N–C) groups is 1. The molecule has 6 heteroatoms. The summed E-state index contributed by atoms with van der Waals surface area (Å²) in [5, 5.41) is 0. The molecule has 0 unspecified atom stereocenters. The van der Waals surface area contributed by atoms with Crippen molar-refractivity contribution >= 4 is 15.1 Å². The summed E-state index contributed by atoms with van der Waals surface area (Å²) in [5.74, 6) is 0. The maximum Gasteiger partial charge on any atom is 0.500 e. The largest absolute Gasteiger partial charge is 0.500 e.